The van der Waals surface area contributed by atoms with Crippen LogP contribution in [0.1, 0.15) is 34.6 Å². The lowest BCUT2D eigenvalue weighted by molar-refractivity contribution is -0.116. The number of carbonyl (C=O) groups is 1. The minimum absolute atomic E-state index is 0.0482. The molecule has 0 saturated carbocycles. The third-order valence-corrected chi connectivity index (χ3v) is 5.37. The highest BCUT2D eigenvalue weighted by Gasteiger charge is 2.32. The van der Waals surface area contributed by atoms with Gasteiger partial charge in [0.2, 0.25) is 5.91 Å². The molecular weight excluding hydrogens is 354 g/mol. The van der Waals surface area contributed by atoms with E-state index in [1.54, 1.807) is 18.9 Å². The van der Waals surface area contributed by atoms with Crippen molar-refractivity contribution in [1.29, 1.82) is 0 Å². The van der Waals surface area contributed by atoms with Crippen LogP contribution < -0.4 is 14.8 Å². The number of hydrogen-bond donors (Lipinski definition) is 1. The van der Waals surface area contributed by atoms with Gasteiger partial charge in [-0.15, -0.1) is 0 Å². The van der Waals surface area contributed by atoms with Crippen LogP contribution in [0, 0.1) is 13.8 Å². The number of hydrogen-bond acceptors (Lipinski definition) is 4. The van der Waals surface area contributed by atoms with Crippen molar-refractivity contribution in [2.75, 3.05) is 19.5 Å². The number of rotatable bonds is 4. The van der Waals surface area contributed by atoms with E-state index >= 15 is 0 Å². The number of carbonyl (C=O) groups excluding carboxylic acids is 1. The lowest BCUT2D eigenvalue weighted by Crippen LogP contribution is -2.25. The molecule has 0 fully saturated rings. The van der Waals surface area contributed by atoms with E-state index in [1.165, 1.54) is 11.1 Å². The Bertz CT molecular complexity index is 1060. The van der Waals surface area contributed by atoms with E-state index in [2.05, 4.69) is 36.4 Å². The Morgan fingerprint density at radius 3 is 2.57 bits per heavy atom. The van der Waals surface area contributed by atoms with Crippen molar-refractivity contribution < 1.29 is 14.3 Å². The number of methoxy groups -OCH3 is 2. The average Bonchev–Trinajstić information content (AvgIpc) is 3.12. The van der Waals surface area contributed by atoms with Gasteiger partial charge < -0.3 is 14.8 Å². The molecule has 0 saturated heterocycles. The number of aromatic nitrogens is 2. The molecule has 1 aliphatic heterocycles. The fourth-order valence-electron chi connectivity index (χ4n) is 3.66. The summed E-state index contributed by atoms with van der Waals surface area (Å²) in [6.45, 7) is 4.14. The highest BCUT2D eigenvalue weighted by molar-refractivity contribution is 5.94. The number of benzene rings is 2. The molecule has 6 heteroatoms. The predicted octanol–water partition coefficient (Wildman–Crippen LogP) is 3.98. The molecule has 1 aromatic heterocycles. The molecule has 1 N–H and O–H groups in total. The standard InChI is InChI=1S/C22H23N3O3/c1-13-5-6-15(9-14(13)2)25-22-19(12-23-25)17(11-21(26)24-22)18-10-16(27-3)7-8-20(18)28-4/h5-10,12,17H,11H2,1-4H3,(H,24,26). The second-order valence-corrected chi connectivity index (χ2v) is 7.04. The Morgan fingerprint density at radius 1 is 1.04 bits per heavy atom. The van der Waals surface area contributed by atoms with Crippen LogP contribution in [0.25, 0.3) is 5.69 Å². The fraction of sp³-hybridized carbons (Fsp3) is 0.273. The van der Waals surface area contributed by atoms with E-state index < -0.39 is 0 Å². The van der Waals surface area contributed by atoms with Crippen LogP contribution in [-0.2, 0) is 4.79 Å². The van der Waals surface area contributed by atoms with Gasteiger partial charge in [-0.2, -0.15) is 5.10 Å². The number of nitrogens with one attached hydrogen (secondary N) is 1. The van der Waals surface area contributed by atoms with E-state index in [-0.39, 0.29) is 11.8 Å². The van der Waals surface area contributed by atoms with Crippen LogP contribution in [0.2, 0.25) is 0 Å². The first-order valence-electron chi connectivity index (χ1n) is 9.19. The summed E-state index contributed by atoms with van der Waals surface area (Å²) in [5, 5.41) is 7.57. The van der Waals surface area contributed by atoms with E-state index in [4.69, 9.17) is 9.47 Å². The van der Waals surface area contributed by atoms with Gasteiger partial charge in [-0.05, 0) is 55.3 Å². The van der Waals surface area contributed by atoms with Crippen molar-refractivity contribution in [3.8, 4) is 17.2 Å². The summed E-state index contributed by atoms with van der Waals surface area (Å²) in [6, 6.07) is 11.8. The molecule has 0 spiro atoms. The Labute approximate surface area is 164 Å². The van der Waals surface area contributed by atoms with Gasteiger partial charge in [0.05, 0.1) is 26.1 Å². The van der Waals surface area contributed by atoms with Crippen LogP contribution in [0.5, 0.6) is 11.5 Å². The summed E-state index contributed by atoms with van der Waals surface area (Å²) in [4.78, 5) is 12.5. The number of nitrogens with zero attached hydrogens (tertiary/aromatic N) is 2. The second-order valence-electron chi connectivity index (χ2n) is 7.04. The largest absolute Gasteiger partial charge is 0.497 e. The van der Waals surface area contributed by atoms with E-state index in [9.17, 15) is 4.79 Å². The number of amides is 1. The molecule has 144 valence electrons. The summed E-state index contributed by atoms with van der Waals surface area (Å²) in [5.74, 6) is 1.95. The predicted molar refractivity (Wildman–Crippen MR) is 108 cm³/mol. The van der Waals surface area contributed by atoms with E-state index in [1.807, 2.05) is 30.5 Å². The molecule has 1 unspecified atom stereocenters. The second kappa shape index (κ2) is 7.03. The number of anilines is 1. The molecule has 0 aliphatic carbocycles. The van der Waals surface area contributed by atoms with Crippen molar-refractivity contribution in [3.63, 3.8) is 0 Å². The molecule has 0 bridgehead atoms. The summed E-state index contributed by atoms with van der Waals surface area (Å²) in [7, 11) is 3.26. The highest BCUT2D eigenvalue weighted by atomic mass is 16.5. The molecule has 2 aromatic carbocycles. The Hall–Kier alpha value is -3.28. The van der Waals surface area contributed by atoms with Gasteiger partial charge in [-0.1, -0.05) is 6.07 Å². The lowest BCUT2D eigenvalue weighted by Gasteiger charge is -2.25. The molecular formula is C22H23N3O3. The average molecular weight is 377 g/mol. The Balaban J connectivity index is 1.84. The minimum Gasteiger partial charge on any atom is -0.497 e. The highest BCUT2D eigenvalue weighted by Crippen LogP contribution is 2.42. The van der Waals surface area contributed by atoms with Crippen molar-refractivity contribution in [1.82, 2.24) is 9.78 Å². The van der Waals surface area contributed by atoms with Crippen LogP contribution in [0.4, 0.5) is 5.82 Å². The summed E-state index contributed by atoms with van der Waals surface area (Å²) in [5.41, 5.74) is 5.19. The summed E-state index contributed by atoms with van der Waals surface area (Å²) >= 11 is 0. The van der Waals surface area contributed by atoms with Gasteiger partial charge in [0.15, 0.2) is 0 Å². The first-order chi connectivity index (χ1) is 13.5. The van der Waals surface area contributed by atoms with Crippen molar-refractivity contribution in [3.05, 3.63) is 64.8 Å². The Morgan fingerprint density at radius 2 is 1.86 bits per heavy atom. The zero-order chi connectivity index (χ0) is 19.8. The zero-order valence-corrected chi connectivity index (χ0v) is 16.4. The SMILES string of the molecule is COc1ccc(OC)c(C2CC(=O)Nc3c2cnn3-c2ccc(C)c(C)c2)c1. The molecule has 1 atom stereocenters. The molecule has 28 heavy (non-hydrogen) atoms. The quantitative estimate of drug-likeness (QED) is 0.747. The van der Waals surface area contributed by atoms with Gasteiger partial charge in [-0.3, -0.25) is 4.79 Å². The summed E-state index contributed by atoms with van der Waals surface area (Å²) in [6.07, 6.45) is 2.16. The van der Waals surface area contributed by atoms with Crippen molar-refractivity contribution in [2.24, 2.45) is 0 Å². The van der Waals surface area contributed by atoms with Gasteiger partial charge >= 0.3 is 0 Å². The maximum Gasteiger partial charge on any atom is 0.226 e. The Kier molecular flexibility index (Phi) is 4.55. The third-order valence-electron chi connectivity index (χ3n) is 5.37. The normalized spacial score (nSPS) is 15.7. The van der Waals surface area contributed by atoms with E-state index in [0.29, 0.717) is 12.2 Å². The maximum atomic E-state index is 12.5. The van der Waals surface area contributed by atoms with Crippen molar-refractivity contribution >= 4 is 11.7 Å². The monoisotopic (exact) mass is 377 g/mol. The molecule has 6 nitrogen and oxygen atoms in total. The molecule has 0 radical (unpaired) electrons. The molecule has 1 aliphatic rings. The van der Waals surface area contributed by atoms with Crippen LogP contribution in [0.15, 0.2) is 42.6 Å². The van der Waals surface area contributed by atoms with Crippen LogP contribution in [-0.4, -0.2) is 29.9 Å². The van der Waals surface area contributed by atoms with Crippen LogP contribution in [0.3, 0.4) is 0 Å². The molecule has 3 aromatic rings. The first kappa shape index (κ1) is 18.1. The number of aryl methyl sites for hydroxylation is 2. The third kappa shape index (κ3) is 3.01. The molecule has 2 heterocycles. The van der Waals surface area contributed by atoms with E-state index in [0.717, 1.165) is 28.3 Å². The first-order valence-corrected chi connectivity index (χ1v) is 9.19. The number of ether oxygens (including phenoxy) is 2. The number of fused-ring (bicyclic) bond motifs is 1. The van der Waals surface area contributed by atoms with Crippen LogP contribution >= 0.6 is 0 Å². The fourth-order valence-corrected chi connectivity index (χ4v) is 3.66. The summed E-state index contributed by atoms with van der Waals surface area (Å²) < 4.78 is 12.7. The maximum absolute atomic E-state index is 12.5. The van der Waals surface area contributed by atoms with Gasteiger partial charge in [0.25, 0.3) is 0 Å². The molecule has 1 amide bonds. The smallest absolute Gasteiger partial charge is 0.226 e. The topological polar surface area (TPSA) is 65.4 Å². The van der Waals surface area contributed by atoms with Gasteiger partial charge in [-0.25, -0.2) is 4.68 Å². The lowest BCUT2D eigenvalue weighted by atomic mass is 9.86. The molecule has 4 rings (SSSR count). The zero-order valence-electron chi connectivity index (χ0n) is 16.4. The van der Waals surface area contributed by atoms with Gasteiger partial charge in [0, 0.05) is 23.5 Å². The van der Waals surface area contributed by atoms with Crippen molar-refractivity contribution in [2.45, 2.75) is 26.2 Å². The minimum atomic E-state index is -0.158. The van der Waals surface area contributed by atoms with Gasteiger partial charge in [0.1, 0.15) is 17.3 Å².